The topological polar surface area (TPSA) is 124 Å². The zero-order valence-electron chi connectivity index (χ0n) is 15.6. The monoisotopic (exact) mass is 393 g/mol. The van der Waals surface area contributed by atoms with E-state index in [0.29, 0.717) is 60.2 Å². The normalized spacial score (nSPS) is 19.1. The first-order valence-corrected chi connectivity index (χ1v) is 9.42. The van der Waals surface area contributed by atoms with Crippen molar-refractivity contribution in [3.8, 4) is 0 Å². The molecular formula is C20H19N5O4. The van der Waals surface area contributed by atoms with E-state index in [1.54, 1.807) is 24.3 Å². The van der Waals surface area contributed by atoms with E-state index >= 15 is 0 Å². The molecule has 0 saturated carbocycles. The van der Waals surface area contributed by atoms with Gasteiger partial charge in [-0.05, 0) is 12.1 Å². The molecule has 1 saturated heterocycles. The Bertz CT molecular complexity index is 1170. The van der Waals surface area contributed by atoms with E-state index in [1.807, 2.05) is 4.90 Å². The highest BCUT2D eigenvalue weighted by Gasteiger charge is 2.34. The van der Waals surface area contributed by atoms with Crippen molar-refractivity contribution < 1.29 is 13.9 Å². The van der Waals surface area contributed by atoms with Crippen LogP contribution in [0.1, 0.15) is 23.5 Å². The first-order chi connectivity index (χ1) is 14.1. The minimum absolute atomic E-state index is 0.0700. The molecule has 0 spiro atoms. The number of para-hydroxylation sites is 1. The number of morpholine rings is 1. The van der Waals surface area contributed by atoms with E-state index in [1.165, 1.54) is 6.26 Å². The van der Waals surface area contributed by atoms with Gasteiger partial charge in [0.25, 0.3) is 0 Å². The number of nitrogens with two attached hydrogens (primary N) is 1. The molecule has 3 N–H and O–H groups in total. The van der Waals surface area contributed by atoms with E-state index in [0.717, 1.165) is 0 Å². The lowest BCUT2D eigenvalue weighted by molar-refractivity contribution is -0.116. The highest BCUT2D eigenvalue weighted by atomic mass is 16.5. The Balaban J connectivity index is 1.63. The first-order valence-electron chi connectivity index (χ1n) is 9.42. The Kier molecular flexibility index (Phi) is 4.17. The third-order valence-corrected chi connectivity index (χ3v) is 5.34. The maximum atomic E-state index is 13.1. The number of amides is 1. The van der Waals surface area contributed by atoms with Gasteiger partial charge in [0.15, 0.2) is 5.43 Å². The molecular weight excluding hydrogens is 374 g/mol. The predicted octanol–water partition coefficient (Wildman–Crippen LogP) is 1.48. The maximum Gasteiger partial charge on any atom is 0.229 e. The Morgan fingerprint density at radius 2 is 1.93 bits per heavy atom. The van der Waals surface area contributed by atoms with Crippen LogP contribution in [0.2, 0.25) is 0 Å². The Labute approximate surface area is 165 Å². The van der Waals surface area contributed by atoms with Crippen LogP contribution in [0, 0.1) is 0 Å². The van der Waals surface area contributed by atoms with Gasteiger partial charge in [0, 0.05) is 36.6 Å². The number of benzene rings is 1. The number of hydrogen-bond acceptors (Lipinski definition) is 8. The van der Waals surface area contributed by atoms with Crippen molar-refractivity contribution in [1.82, 2.24) is 9.97 Å². The molecule has 3 aromatic rings. The smallest absolute Gasteiger partial charge is 0.229 e. The fourth-order valence-corrected chi connectivity index (χ4v) is 3.89. The molecule has 1 amide bonds. The van der Waals surface area contributed by atoms with Crippen LogP contribution in [0.15, 0.2) is 39.7 Å². The molecule has 0 aliphatic carbocycles. The van der Waals surface area contributed by atoms with Crippen molar-refractivity contribution in [3.63, 3.8) is 0 Å². The second-order valence-electron chi connectivity index (χ2n) is 7.09. The maximum absolute atomic E-state index is 13.1. The minimum Gasteiger partial charge on any atom is -0.464 e. The minimum atomic E-state index is -0.571. The number of hydrogen-bond donors (Lipinski definition) is 2. The SMILES string of the molecule is Nc1nc(N2CCOCC2)nc2c1[C@@H](c1coc3ccccc3c1=O)CC(=O)N2. The van der Waals surface area contributed by atoms with Crippen LogP contribution in [-0.4, -0.2) is 42.2 Å². The molecule has 29 heavy (non-hydrogen) atoms. The van der Waals surface area contributed by atoms with Gasteiger partial charge in [-0.1, -0.05) is 12.1 Å². The zero-order valence-corrected chi connectivity index (χ0v) is 15.6. The number of anilines is 3. The van der Waals surface area contributed by atoms with Crippen molar-refractivity contribution in [3.05, 3.63) is 51.9 Å². The second kappa shape index (κ2) is 6.85. The number of nitrogens with one attached hydrogen (secondary N) is 1. The summed E-state index contributed by atoms with van der Waals surface area (Å²) in [7, 11) is 0. The summed E-state index contributed by atoms with van der Waals surface area (Å²) in [5.41, 5.74) is 7.52. The van der Waals surface area contributed by atoms with Gasteiger partial charge >= 0.3 is 0 Å². The Morgan fingerprint density at radius 3 is 2.76 bits per heavy atom. The molecule has 5 rings (SSSR count). The van der Waals surface area contributed by atoms with Gasteiger partial charge in [-0.25, -0.2) is 0 Å². The summed E-state index contributed by atoms with van der Waals surface area (Å²) >= 11 is 0. The van der Waals surface area contributed by atoms with Crippen LogP contribution in [0.25, 0.3) is 11.0 Å². The molecule has 0 radical (unpaired) electrons. The van der Waals surface area contributed by atoms with Crippen LogP contribution in [0.5, 0.6) is 0 Å². The van der Waals surface area contributed by atoms with Crippen molar-refractivity contribution in [2.75, 3.05) is 42.3 Å². The molecule has 1 atom stereocenters. The zero-order chi connectivity index (χ0) is 20.0. The van der Waals surface area contributed by atoms with E-state index in [2.05, 4.69) is 15.3 Å². The molecule has 4 heterocycles. The Hall–Kier alpha value is -3.46. The van der Waals surface area contributed by atoms with Crippen molar-refractivity contribution in [2.24, 2.45) is 0 Å². The highest BCUT2D eigenvalue weighted by molar-refractivity contribution is 5.95. The number of fused-ring (bicyclic) bond motifs is 2. The van der Waals surface area contributed by atoms with Crippen molar-refractivity contribution >= 4 is 34.5 Å². The second-order valence-corrected chi connectivity index (χ2v) is 7.09. The van der Waals surface area contributed by atoms with Crippen LogP contribution in [0.4, 0.5) is 17.6 Å². The largest absolute Gasteiger partial charge is 0.464 e. The van der Waals surface area contributed by atoms with Gasteiger partial charge in [0.05, 0.1) is 24.9 Å². The van der Waals surface area contributed by atoms with Crippen LogP contribution in [0.3, 0.4) is 0 Å². The number of carbonyl (C=O) groups excluding carboxylic acids is 1. The van der Waals surface area contributed by atoms with Crippen LogP contribution >= 0.6 is 0 Å². The molecule has 2 aromatic heterocycles. The quantitative estimate of drug-likeness (QED) is 0.671. The molecule has 1 fully saturated rings. The van der Waals surface area contributed by atoms with Gasteiger partial charge in [-0.15, -0.1) is 0 Å². The number of nitrogens with zero attached hydrogens (tertiary/aromatic N) is 3. The Morgan fingerprint density at radius 1 is 1.14 bits per heavy atom. The van der Waals surface area contributed by atoms with E-state index in [4.69, 9.17) is 14.9 Å². The molecule has 0 bridgehead atoms. The number of rotatable bonds is 2. The molecule has 0 unspecified atom stereocenters. The van der Waals surface area contributed by atoms with Crippen molar-refractivity contribution in [2.45, 2.75) is 12.3 Å². The van der Waals surface area contributed by atoms with E-state index in [-0.39, 0.29) is 23.6 Å². The summed E-state index contributed by atoms with van der Waals surface area (Å²) < 4.78 is 11.0. The van der Waals surface area contributed by atoms with Gasteiger partial charge < -0.3 is 25.1 Å². The van der Waals surface area contributed by atoms with Gasteiger partial charge in [-0.2, -0.15) is 9.97 Å². The summed E-state index contributed by atoms with van der Waals surface area (Å²) in [5, 5.41) is 3.24. The summed E-state index contributed by atoms with van der Waals surface area (Å²) in [6.07, 6.45) is 1.48. The summed E-state index contributed by atoms with van der Waals surface area (Å²) in [5.74, 6) is 0.220. The summed E-state index contributed by atoms with van der Waals surface area (Å²) in [6.45, 7) is 2.44. The molecule has 1 aromatic carbocycles. The molecule has 9 nitrogen and oxygen atoms in total. The van der Waals surface area contributed by atoms with Crippen LogP contribution in [-0.2, 0) is 9.53 Å². The number of nitrogen functional groups attached to an aromatic ring is 1. The highest BCUT2D eigenvalue weighted by Crippen LogP contribution is 2.39. The molecule has 2 aliphatic heterocycles. The van der Waals surface area contributed by atoms with Gasteiger partial charge in [-0.3, -0.25) is 9.59 Å². The van der Waals surface area contributed by atoms with Gasteiger partial charge in [0.2, 0.25) is 11.9 Å². The number of ether oxygens (including phenoxy) is 1. The fourth-order valence-electron chi connectivity index (χ4n) is 3.89. The lowest BCUT2D eigenvalue weighted by Crippen LogP contribution is -2.38. The molecule has 2 aliphatic rings. The lowest BCUT2D eigenvalue weighted by atomic mass is 9.86. The predicted molar refractivity (Wildman–Crippen MR) is 107 cm³/mol. The van der Waals surface area contributed by atoms with Gasteiger partial charge in [0.1, 0.15) is 17.2 Å². The fraction of sp³-hybridized carbons (Fsp3) is 0.300. The first kappa shape index (κ1) is 17.6. The number of aromatic nitrogens is 2. The molecule has 9 heteroatoms. The van der Waals surface area contributed by atoms with E-state index < -0.39 is 5.92 Å². The lowest BCUT2D eigenvalue weighted by Gasteiger charge is -2.30. The summed E-state index contributed by atoms with van der Waals surface area (Å²) in [4.78, 5) is 36.4. The van der Waals surface area contributed by atoms with Crippen LogP contribution < -0.4 is 21.4 Å². The third-order valence-electron chi connectivity index (χ3n) is 5.34. The third kappa shape index (κ3) is 2.99. The van der Waals surface area contributed by atoms with E-state index in [9.17, 15) is 9.59 Å². The standard InChI is InChI=1S/C20H19N5O4/c21-18-16-12(13-10-29-14-4-2-1-3-11(14)17(13)27)9-15(26)22-19(16)24-20(23-18)25-5-7-28-8-6-25/h1-4,10,12H,5-9H2,(H3,21,22,23,24,26)/t12-/m1/s1. The summed E-state index contributed by atoms with van der Waals surface area (Å²) in [6, 6.07) is 7.01. The van der Waals surface area contributed by atoms with Crippen molar-refractivity contribution in [1.29, 1.82) is 0 Å². The average Bonchev–Trinajstić information content (AvgIpc) is 2.74. The molecule has 148 valence electrons. The number of carbonyl (C=O) groups is 1. The average molecular weight is 393 g/mol.